The molecule has 0 radical (unpaired) electrons. The van der Waals surface area contributed by atoms with E-state index in [9.17, 15) is 9.59 Å². The van der Waals surface area contributed by atoms with Gasteiger partial charge in [-0.25, -0.2) is 4.79 Å². The van der Waals surface area contributed by atoms with Crippen molar-refractivity contribution in [1.29, 1.82) is 0 Å². The number of aryl methyl sites for hydroxylation is 3. The molecule has 12 heteroatoms. The Labute approximate surface area is 228 Å². The van der Waals surface area contributed by atoms with Gasteiger partial charge in [0.05, 0.1) is 28.6 Å². The Kier molecular flexibility index (Phi) is 8.05. The Morgan fingerprint density at radius 1 is 1.14 bits per heavy atom. The Morgan fingerprint density at radius 3 is 2.46 bits per heavy atom. The highest BCUT2D eigenvalue weighted by Gasteiger charge is 2.25. The summed E-state index contributed by atoms with van der Waals surface area (Å²) in [5.41, 5.74) is 4.45. The second kappa shape index (κ2) is 11.1. The number of hydrogen-bond acceptors (Lipinski definition) is 8. The Bertz CT molecular complexity index is 1470. The van der Waals surface area contributed by atoms with Gasteiger partial charge in [0.15, 0.2) is 11.0 Å². The van der Waals surface area contributed by atoms with Crippen LogP contribution >= 0.6 is 34.7 Å². The first-order valence-corrected chi connectivity index (χ1v) is 13.7. The van der Waals surface area contributed by atoms with Crippen LogP contribution in [0.4, 0.5) is 5.00 Å². The number of thioether (sulfide) groups is 1. The number of carbonyl (C=O) groups is 2. The Balaban J connectivity index is 1.62. The fourth-order valence-corrected chi connectivity index (χ4v) is 5.69. The molecule has 0 aliphatic carbocycles. The molecule has 0 saturated heterocycles. The van der Waals surface area contributed by atoms with Gasteiger partial charge in [0, 0.05) is 17.6 Å². The molecule has 4 aromatic rings. The first-order chi connectivity index (χ1) is 17.6. The van der Waals surface area contributed by atoms with Crippen molar-refractivity contribution in [2.45, 2.75) is 39.8 Å². The second-order valence-electron chi connectivity index (χ2n) is 8.39. The van der Waals surface area contributed by atoms with Crippen LogP contribution in [0.1, 0.15) is 39.0 Å². The number of rotatable bonds is 8. The smallest absolute Gasteiger partial charge is 0.341 e. The van der Waals surface area contributed by atoms with E-state index in [1.807, 2.05) is 63.6 Å². The monoisotopic (exact) mass is 558 g/mol. The third-order valence-corrected chi connectivity index (χ3v) is 8.35. The molecule has 4 rings (SSSR count). The van der Waals surface area contributed by atoms with Gasteiger partial charge in [0.25, 0.3) is 0 Å². The normalized spacial score (nSPS) is 11.1. The summed E-state index contributed by atoms with van der Waals surface area (Å²) in [4.78, 5) is 26.3. The van der Waals surface area contributed by atoms with Crippen molar-refractivity contribution in [3.05, 3.63) is 56.5 Å². The van der Waals surface area contributed by atoms with Crippen LogP contribution in [0.2, 0.25) is 5.02 Å². The molecule has 1 aromatic carbocycles. The quantitative estimate of drug-likeness (QED) is 0.224. The second-order valence-corrected chi connectivity index (χ2v) is 10.9. The average Bonchev–Trinajstić information content (AvgIpc) is 3.48. The minimum Gasteiger partial charge on any atom is -0.462 e. The highest BCUT2D eigenvalue weighted by atomic mass is 35.5. The standard InChI is InChI=1S/C25H27ClN6O3S2/c1-7-35-24(34)19-14(3)16(5)37-23(19)27-18(33)12-36-25-29-28-22(21-20(26)15(4)31(6)30-21)32(25)17-10-8-13(2)9-11-17/h8-11H,7,12H2,1-6H3,(H,27,33). The van der Waals surface area contributed by atoms with Crippen molar-refractivity contribution in [3.8, 4) is 17.2 Å². The number of amides is 1. The minimum atomic E-state index is -0.446. The number of esters is 1. The molecule has 0 saturated carbocycles. The zero-order valence-electron chi connectivity index (χ0n) is 21.4. The molecule has 3 aromatic heterocycles. The molecule has 0 bridgehead atoms. The van der Waals surface area contributed by atoms with Gasteiger partial charge < -0.3 is 10.1 Å². The van der Waals surface area contributed by atoms with Gasteiger partial charge in [-0.05, 0) is 52.3 Å². The molecule has 0 spiro atoms. The first kappa shape index (κ1) is 26.9. The number of thiophene rings is 1. The van der Waals surface area contributed by atoms with Crippen LogP contribution in [-0.2, 0) is 16.6 Å². The number of halogens is 1. The molecular formula is C25H27ClN6O3S2. The summed E-state index contributed by atoms with van der Waals surface area (Å²) in [7, 11) is 1.82. The number of anilines is 1. The largest absolute Gasteiger partial charge is 0.462 e. The van der Waals surface area contributed by atoms with Gasteiger partial charge in [-0.15, -0.1) is 21.5 Å². The molecule has 3 heterocycles. The minimum absolute atomic E-state index is 0.0528. The topological polar surface area (TPSA) is 104 Å². The van der Waals surface area contributed by atoms with Crippen LogP contribution in [0.3, 0.4) is 0 Å². The number of hydrogen-bond donors (Lipinski definition) is 1. The molecule has 0 aliphatic heterocycles. The van der Waals surface area contributed by atoms with E-state index in [0.717, 1.165) is 27.4 Å². The van der Waals surface area contributed by atoms with Crippen LogP contribution < -0.4 is 5.32 Å². The van der Waals surface area contributed by atoms with E-state index in [-0.39, 0.29) is 18.3 Å². The number of nitrogens with one attached hydrogen (secondary N) is 1. The van der Waals surface area contributed by atoms with Crippen LogP contribution in [-0.4, -0.2) is 48.8 Å². The molecular weight excluding hydrogens is 532 g/mol. The maximum atomic E-state index is 12.9. The summed E-state index contributed by atoms with van der Waals surface area (Å²) in [5, 5.41) is 17.6. The molecule has 0 aliphatic rings. The molecule has 37 heavy (non-hydrogen) atoms. The highest BCUT2D eigenvalue weighted by molar-refractivity contribution is 7.99. The number of aromatic nitrogens is 5. The van der Waals surface area contributed by atoms with Gasteiger partial charge in [0.2, 0.25) is 5.91 Å². The lowest BCUT2D eigenvalue weighted by molar-refractivity contribution is -0.113. The predicted molar refractivity (Wildman–Crippen MR) is 147 cm³/mol. The maximum Gasteiger partial charge on any atom is 0.341 e. The fourth-order valence-electron chi connectivity index (χ4n) is 3.63. The zero-order chi connectivity index (χ0) is 26.9. The van der Waals surface area contributed by atoms with Crippen LogP contribution in [0.25, 0.3) is 17.2 Å². The van der Waals surface area contributed by atoms with E-state index < -0.39 is 5.97 Å². The van der Waals surface area contributed by atoms with Crippen LogP contribution in [0.5, 0.6) is 0 Å². The lowest BCUT2D eigenvalue weighted by Crippen LogP contribution is -2.16. The van der Waals surface area contributed by atoms with E-state index >= 15 is 0 Å². The van der Waals surface area contributed by atoms with Crippen molar-refractivity contribution in [2.75, 3.05) is 17.7 Å². The molecule has 194 valence electrons. The van der Waals surface area contributed by atoms with Crippen molar-refractivity contribution in [2.24, 2.45) is 7.05 Å². The van der Waals surface area contributed by atoms with E-state index in [2.05, 4.69) is 20.6 Å². The van der Waals surface area contributed by atoms with E-state index in [1.165, 1.54) is 23.1 Å². The number of nitrogens with zero attached hydrogens (tertiary/aromatic N) is 5. The third-order valence-electron chi connectivity index (χ3n) is 5.85. The Morgan fingerprint density at radius 2 is 1.84 bits per heavy atom. The lowest BCUT2D eigenvalue weighted by atomic mass is 10.1. The summed E-state index contributed by atoms with van der Waals surface area (Å²) in [6.07, 6.45) is 0. The molecule has 9 nitrogen and oxygen atoms in total. The average molecular weight is 559 g/mol. The molecule has 0 fully saturated rings. The van der Waals surface area contributed by atoms with Crippen molar-refractivity contribution >= 4 is 51.6 Å². The molecule has 1 N–H and O–H groups in total. The SMILES string of the molecule is CCOC(=O)c1c(NC(=O)CSc2nnc(-c3nn(C)c(C)c3Cl)n2-c2ccc(C)cc2)sc(C)c1C. The summed E-state index contributed by atoms with van der Waals surface area (Å²) in [6, 6.07) is 7.89. The van der Waals surface area contributed by atoms with Gasteiger partial charge in [0.1, 0.15) is 10.7 Å². The number of benzene rings is 1. The number of ether oxygens (including phenoxy) is 1. The highest BCUT2D eigenvalue weighted by Crippen LogP contribution is 2.35. The maximum absolute atomic E-state index is 12.9. The van der Waals surface area contributed by atoms with Crippen molar-refractivity contribution in [3.63, 3.8) is 0 Å². The molecule has 0 unspecified atom stereocenters. The third kappa shape index (κ3) is 5.43. The zero-order valence-corrected chi connectivity index (χ0v) is 23.8. The summed E-state index contributed by atoms with van der Waals surface area (Å²) in [5.74, 6) is -0.186. The predicted octanol–water partition coefficient (Wildman–Crippen LogP) is 5.52. The van der Waals surface area contributed by atoms with E-state index in [1.54, 1.807) is 11.6 Å². The first-order valence-electron chi connectivity index (χ1n) is 11.5. The van der Waals surface area contributed by atoms with E-state index in [0.29, 0.717) is 32.3 Å². The fraction of sp³-hybridized carbons (Fsp3) is 0.320. The molecule has 0 atom stereocenters. The molecule has 1 amide bonds. The Hall–Kier alpha value is -3.15. The van der Waals surface area contributed by atoms with Gasteiger partial charge in [-0.2, -0.15) is 5.10 Å². The van der Waals surface area contributed by atoms with Gasteiger partial charge >= 0.3 is 5.97 Å². The van der Waals surface area contributed by atoms with Crippen molar-refractivity contribution < 1.29 is 14.3 Å². The summed E-state index contributed by atoms with van der Waals surface area (Å²) in [6.45, 7) is 9.65. The summed E-state index contributed by atoms with van der Waals surface area (Å²) >= 11 is 9.15. The van der Waals surface area contributed by atoms with Gasteiger partial charge in [-0.3, -0.25) is 14.0 Å². The van der Waals surface area contributed by atoms with Crippen LogP contribution in [0.15, 0.2) is 29.4 Å². The van der Waals surface area contributed by atoms with Crippen molar-refractivity contribution in [1.82, 2.24) is 24.5 Å². The number of carbonyl (C=O) groups excluding carboxylic acids is 2. The van der Waals surface area contributed by atoms with E-state index in [4.69, 9.17) is 16.3 Å². The summed E-state index contributed by atoms with van der Waals surface area (Å²) < 4.78 is 8.72. The lowest BCUT2D eigenvalue weighted by Gasteiger charge is -2.10. The van der Waals surface area contributed by atoms with Crippen LogP contribution in [0, 0.1) is 27.7 Å². The van der Waals surface area contributed by atoms with Gasteiger partial charge in [-0.1, -0.05) is 41.1 Å².